The number of hydrogen-bond donors (Lipinski definition) is 2. The van der Waals surface area contributed by atoms with E-state index in [4.69, 9.17) is 14.7 Å². The van der Waals surface area contributed by atoms with Crippen molar-refractivity contribution in [1.29, 1.82) is 0 Å². The monoisotopic (exact) mass is 480 g/mol. The molecule has 2 aliphatic rings. The first-order valence-corrected chi connectivity index (χ1v) is 12.9. The van der Waals surface area contributed by atoms with Gasteiger partial charge in [0.05, 0.1) is 22.3 Å². The van der Waals surface area contributed by atoms with E-state index in [1.807, 2.05) is 11.4 Å². The molecule has 2 fully saturated rings. The van der Waals surface area contributed by atoms with Crippen LogP contribution in [-0.2, 0) is 11.3 Å². The smallest absolute Gasteiger partial charge is 0.415 e. The molecule has 8 nitrogen and oxygen atoms in total. The number of fused-ring (bicyclic) bond motifs is 1. The van der Waals surface area contributed by atoms with Crippen molar-refractivity contribution in [3.05, 3.63) is 46.8 Å². The molecule has 5 rings (SSSR count). The number of rotatable bonds is 7. The predicted octanol–water partition coefficient (Wildman–Crippen LogP) is 4.25. The molecule has 4 heterocycles. The fraction of sp³-hybridized carbons (Fsp3) is 0.480. The number of carbonyl (C=O) groups excluding carboxylic acids is 1. The second-order valence-electron chi connectivity index (χ2n) is 9.40. The molecule has 2 saturated heterocycles. The lowest BCUT2D eigenvalue weighted by Gasteiger charge is -2.27. The Hall–Kier alpha value is -2.75. The van der Waals surface area contributed by atoms with Gasteiger partial charge in [-0.1, -0.05) is 38.1 Å². The summed E-state index contributed by atoms with van der Waals surface area (Å²) in [6.45, 7) is 12.0. The van der Waals surface area contributed by atoms with Crippen LogP contribution in [0.1, 0.15) is 37.9 Å². The van der Waals surface area contributed by atoms with Gasteiger partial charge in [-0.25, -0.2) is 9.78 Å². The minimum Gasteiger partial charge on any atom is -0.447 e. The summed E-state index contributed by atoms with van der Waals surface area (Å²) >= 11 is 1.55. The van der Waals surface area contributed by atoms with Crippen LogP contribution in [-0.4, -0.2) is 59.8 Å². The molecule has 2 aliphatic heterocycles. The van der Waals surface area contributed by atoms with Gasteiger partial charge in [0.15, 0.2) is 5.82 Å². The lowest BCUT2D eigenvalue weighted by Crippen LogP contribution is -2.42. The zero-order chi connectivity index (χ0) is 23.7. The molecule has 0 aliphatic carbocycles. The Bertz CT molecular complexity index is 1140. The van der Waals surface area contributed by atoms with E-state index in [9.17, 15) is 4.79 Å². The fourth-order valence-electron chi connectivity index (χ4n) is 4.56. The Morgan fingerprint density at radius 1 is 1.15 bits per heavy atom. The van der Waals surface area contributed by atoms with Crippen LogP contribution in [0.3, 0.4) is 0 Å². The number of hydrogen-bond acceptors (Lipinski definition) is 8. The summed E-state index contributed by atoms with van der Waals surface area (Å²) in [6, 6.07) is 10.7. The van der Waals surface area contributed by atoms with Gasteiger partial charge in [0.25, 0.3) is 0 Å². The normalized spacial score (nSPS) is 20.2. The average Bonchev–Trinajstić information content (AvgIpc) is 3.46. The van der Waals surface area contributed by atoms with Gasteiger partial charge in [-0.15, -0.1) is 11.3 Å². The van der Waals surface area contributed by atoms with Crippen molar-refractivity contribution in [2.75, 3.05) is 43.0 Å². The summed E-state index contributed by atoms with van der Waals surface area (Å²) in [7, 11) is 0. The zero-order valence-electron chi connectivity index (χ0n) is 20.0. The van der Waals surface area contributed by atoms with Crippen molar-refractivity contribution < 1.29 is 9.53 Å². The Balaban J connectivity index is 1.35. The maximum absolute atomic E-state index is 12.6. The molecule has 1 aromatic carbocycles. The highest BCUT2D eigenvalue weighted by atomic mass is 32.1. The van der Waals surface area contributed by atoms with E-state index in [2.05, 4.69) is 60.6 Å². The van der Waals surface area contributed by atoms with Crippen molar-refractivity contribution >= 4 is 39.4 Å². The van der Waals surface area contributed by atoms with E-state index < -0.39 is 0 Å². The first-order chi connectivity index (χ1) is 16.5. The van der Waals surface area contributed by atoms with E-state index in [0.717, 1.165) is 42.9 Å². The molecule has 0 bridgehead atoms. The molecule has 3 aromatic rings. The van der Waals surface area contributed by atoms with Crippen LogP contribution in [0.4, 0.5) is 16.6 Å². The first-order valence-electron chi connectivity index (χ1n) is 12.0. The molecule has 2 atom stereocenters. The number of carbonyl (C=O) groups is 1. The molecule has 1 amide bonds. The number of thiophene rings is 1. The van der Waals surface area contributed by atoms with Crippen LogP contribution in [0.25, 0.3) is 10.2 Å². The maximum atomic E-state index is 12.6. The standard InChI is InChI=1S/C25H32N6O2S/c1-16(2)21-15-33-25(32)31(21)23-22-20(8-13-34-22)28-24(29-23)27-17(3)19-6-4-18(5-7-19)14-30-11-9-26-10-12-30/h4-8,13,16-17,21,26H,9-12,14-15H2,1-3H3,(H,27,28,29)/t17-,21+/m0/s1. The average molecular weight is 481 g/mol. The number of cyclic esters (lactones) is 1. The fourth-order valence-corrected chi connectivity index (χ4v) is 5.38. The van der Waals surface area contributed by atoms with Gasteiger partial charge in [-0.3, -0.25) is 9.80 Å². The van der Waals surface area contributed by atoms with E-state index in [0.29, 0.717) is 18.4 Å². The van der Waals surface area contributed by atoms with E-state index >= 15 is 0 Å². The predicted molar refractivity (Wildman–Crippen MR) is 136 cm³/mol. The topological polar surface area (TPSA) is 82.6 Å². The van der Waals surface area contributed by atoms with Crippen molar-refractivity contribution in [3.8, 4) is 0 Å². The lowest BCUT2D eigenvalue weighted by atomic mass is 10.0. The highest BCUT2D eigenvalue weighted by Gasteiger charge is 2.38. The molecule has 0 spiro atoms. The summed E-state index contributed by atoms with van der Waals surface area (Å²) in [4.78, 5) is 26.3. The highest BCUT2D eigenvalue weighted by Crippen LogP contribution is 2.35. The molecular weight excluding hydrogens is 448 g/mol. The largest absolute Gasteiger partial charge is 0.447 e. The summed E-state index contributed by atoms with van der Waals surface area (Å²) < 4.78 is 6.28. The number of nitrogens with zero attached hydrogens (tertiary/aromatic N) is 4. The number of ether oxygens (including phenoxy) is 1. The van der Waals surface area contributed by atoms with Crippen molar-refractivity contribution in [2.45, 2.75) is 39.4 Å². The molecule has 2 aromatic heterocycles. The van der Waals surface area contributed by atoms with Crippen LogP contribution in [0, 0.1) is 5.92 Å². The van der Waals surface area contributed by atoms with E-state index in [-0.39, 0.29) is 24.1 Å². The van der Waals surface area contributed by atoms with Crippen molar-refractivity contribution in [1.82, 2.24) is 20.2 Å². The Morgan fingerprint density at radius 3 is 2.65 bits per heavy atom. The van der Waals surface area contributed by atoms with Gasteiger partial charge >= 0.3 is 6.09 Å². The van der Waals surface area contributed by atoms with Gasteiger partial charge in [0.2, 0.25) is 5.95 Å². The molecule has 2 N–H and O–H groups in total. The van der Waals surface area contributed by atoms with Gasteiger partial charge in [0, 0.05) is 32.7 Å². The third-order valence-corrected chi connectivity index (χ3v) is 7.53. The molecule has 0 saturated carbocycles. The third kappa shape index (κ3) is 4.73. The molecule has 34 heavy (non-hydrogen) atoms. The first kappa shape index (κ1) is 23.0. The van der Waals surface area contributed by atoms with Crippen LogP contribution in [0.15, 0.2) is 35.7 Å². The molecular formula is C25H32N6O2S. The number of nitrogens with one attached hydrogen (secondary N) is 2. The minimum absolute atomic E-state index is 0.0172. The quantitative estimate of drug-likeness (QED) is 0.523. The summed E-state index contributed by atoms with van der Waals surface area (Å²) in [5.41, 5.74) is 3.32. The molecule has 0 unspecified atom stereocenters. The lowest BCUT2D eigenvalue weighted by molar-refractivity contribution is 0.177. The Labute approximate surface area is 204 Å². The summed E-state index contributed by atoms with van der Waals surface area (Å²) in [5.74, 6) is 1.40. The van der Waals surface area contributed by atoms with Crippen LogP contribution >= 0.6 is 11.3 Å². The molecule has 180 valence electrons. The van der Waals surface area contributed by atoms with Crippen molar-refractivity contribution in [3.63, 3.8) is 0 Å². The van der Waals surface area contributed by atoms with Crippen LogP contribution in [0.2, 0.25) is 0 Å². The number of amides is 1. The maximum Gasteiger partial charge on any atom is 0.415 e. The number of aromatic nitrogens is 2. The van der Waals surface area contributed by atoms with E-state index in [1.165, 1.54) is 11.1 Å². The zero-order valence-corrected chi connectivity index (χ0v) is 20.8. The highest BCUT2D eigenvalue weighted by molar-refractivity contribution is 7.17. The van der Waals surface area contributed by atoms with Crippen LogP contribution in [0.5, 0.6) is 0 Å². The second kappa shape index (κ2) is 9.85. The molecule has 0 radical (unpaired) electrons. The number of anilines is 2. The SMILES string of the molecule is CC(C)[C@H]1COC(=O)N1c1nc(N[C@@H](C)c2ccc(CN3CCNCC3)cc2)nc2ccsc12. The minimum atomic E-state index is -0.342. The Kier molecular flexibility index (Phi) is 6.67. The summed E-state index contributed by atoms with van der Waals surface area (Å²) in [6.07, 6.45) is -0.342. The van der Waals surface area contributed by atoms with Gasteiger partial charge in [-0.2, -0.15) is 4.98 Å². The van der Waals surface area contributed by atoms with Crippen LogP contribution < -0.4 is 15.5 Å². The van der Waals surface area contributed by atoms with Gasteiger partial charge < -0.3 is 15.4 Å². The summed E-state index contributed by atoms with van der Waals surface area (Å²) in [5, 5.41) is 8.83. The molecule has 9 heteroatoms. The van der Waals surface area contributed by atoms with Gasteiger partial charge in [0.1, 0.15) is 6.61 Å². The second-order valence-corrected chi connectivity index (χ2v) is 10.3. The van der Waals surface area contributed by atoms with E-state index in [1.54, 1.807) is 16.2 Å². The van der Waals surface area contributed by atoms with Gasteiger partial charge in [-0.05, 0) is 35.4 Å². The number of benzene rings is 1. The Morgan fingerprint density at radius 2 is 1.91 bits per heavy atom. The third-order valence-electron chi connectivity index (χ3n) is 6.63. The van der Waals surface area contributed by atoms with Crippen molar-refractivity contribution in [2.24, 2.45) is 5.92 Å². The number of piperazine rings is 1.